The molecule has 0 radical (unpaired) electrons. The third-order valence-corrected chi connectivity index (χ3v) is 6.66. The molecule has 1 N–H and O–H groups in total. The van der Waals surface area contributed by atoms with E-state index >= 15 is 0 Å². The van der Waals surface area contributed by atoms with Crippen LogP contribution in [0.25, 0.3) is 17.0 Å². The van der Waals surface area contributed by atoms with Gasteiger partial charge < -0.3 is 9.84 Å². The number of nitrogens with zero attached hydrogens (tertiary/aromatic N) is 2. The number of carbonyl (C=O) groups is 1. The van der Waals surface area contributed by atoms with Gasteiger partial charge in [0.05, 0.1) is 24.2 Å². The normalized spacial score (nSPS) is 18.5. The van der Waals surface area contributed by atoms with Crippen molar-refractivity contribution in [2.45, 2.75) is 25.7 Å². The zero-order chi connectivity index (χ0) is 25.0. The minimum absolute atomic E-state index is 0.359. The van der Waals surface area contributed by atoms with Gasteiger partial charge in [-0.1, -0.05) is 12.2 Å². The van der Waals surface area contributed by atoms with E-state index in [1.807, 2.05) is 4.90 Å². The average Bonchev–Trinajstić information content (AvgIpc) is 3.24. The number of hydrogen-bond acceptors (Lipinski definition) is 4. The van der Waals surface area contributed by atoms with Gasteiger partial charge in [0.25, 0.3) is 0 Å². The van der Waals surface area contributed by atoms with Crippen LogP contribution in [0, 0.1) is 22.9 Å². The number of aliphatic carboxylic acids is 1. The molecule has 184 valence electrons. The minimum atomic E-state index is -0.921. The Morgan fingerprint density at radius 1 is 1.20 bits per heavy atom. The number of aryl methyl sites for hydroxylation is 1. The Morgan fingerprint density at radius 2 is 1.97 bits per heavy atom. The zero-order valence-corrected chi connectivity index (χ0v) is 19.4. The predicted molar refractivity (Wildman–Crippen MR) is 128 cm³/mol. The summed E-state index contributed by atoms with van der Waals surface area (Å²) in [6, 6.07) is 8.59. The molecule has 3 aromatic rings. The average molecular weight is 485 g/mol. The van der Waals surface area contributed by atoms with E-state index in [1.165, 1.54) is 18.3 Å². The Bertz CT molecular complexity index is 1240. The molecular formula is C27H27F3N2O3. The Kier molecular flexibility index (Phi) is 7.40. The van der Waals surface area contributed by atoms with E-state index < -0.39 is 28.8 Å². The van der Waals surface area contributed by atoms with Crippen molar-refractivity contribution in [3.63, 3.8) is 0 Å². The van der Waals surface area contributed by atoms with Crippen LogP contribution in [0.15, 0.2) is 48.7 Å². The highest BCUT2D eigenvalue weighted by molar-refractivity contribution is 5.83. The van der Waals surface area contributed by atoms with Crippen LogP contribution in [0.2, 0.25) is 0 Å². The van der Waals surface area contributed by atoms with Crippen molar-refractivity contribution in [2.24, 2.45) is 5.41 Å². The summed E-state index contributed by atoms with van der Waals surface area (Å²) >= 11 is 0. The molecule has 5 nitrogen and oxygen atoms in total. The molecule has 0 bridgehead atoms. The molecule has 0 aliphatic carbocycles. The lowest BCUT2D eigenvalue weighted by molar-refractivity contribution is -0.148. The number of rotatable bonds is 9. The molecule has 0 spiro atoms. The number of halogens is 3. The maximum Gasteiger partial charge on any atom is 0.310 e. The van der Waals surface area contributed by atoms with Crippen LogP contribution < -0.4 is 4.74 Å². The number of methoxy groups -OCH3 is 1. The molecule has 1 atom stereocenters. The van der Waals surface area contributed by atoms with Crippen LogP contribution in [0.1, 0.15) is 30.4 Å². The summed E-state index contributed by atoms with van der Waals surface area (Å²) in [5, 5.41) is 10.7. The van der Waals surface area contributed by atoms with Crippen LogP contribution in [0.5, 0.6) is 5.75 Å². The lowest BCUT2D eigenvalue weighted by Gasteiger charge is -2.24. The topological polar surface area (TPSA) is 62.7 Å². The molecule has 1 unspecified atom stereocenters. The van der Waals surface area contributed by atoms with E-state index in [0.717, 1.165) is 6.07 Å². The van der Waals surface area contributed by atoms with E-state index in [2.05, 4.69) is 4.98 Å². The van der Waals surface area contributed by atoms with Crippen molar-refractivity contribution in [3.8, 4) is 5.75 Å². The number of pyridine rings is 1. The number of carboxylic acids is 1. The Balaban J connectivity index is 1.40. The summed E-state index contributed by atoms with van der Waals surface area (Å²) in [6.07, 6.45) is 6.38. The number of benzene rings is 2. The van der Waals surface area contributed by atoms with E-state index in [1.54, 1.807) is 37.5 Å². The Hall–Kier alpha value is -3.39. The highest BCUT2D eigenvalue weighted by Crippen LogP contribution is 2.37. The third kappa shape index (κ3) is 5.65. The van der Waals surface area contributed by atoms with E-state index in [9.17, 15) is 23.1 Å². The molecule has 8 heteroatoms. The van der Waals surface area contributed by atoms with Crippen LogP contribution in [0.4, 0.5) is 13.2 Å². The maximum atomic E-state index is 14.6. The molecule has 1 fully saturated rings. The number of ether oxygens (including phenoxy) is 1. The lowest BCUT2D eigenvalue weighted by atomic mass is 9.81. The summed E-state index contributed by atoms with van der Waals surface area (Å²) < 4.78 is 46.6. The molecule has 2 heterocycles. The second-order valence-corrected chi connectivity index (χ2v) is 9.00. The third-order valence-electron chi connectivity index (χ3n) is 6.66. The number of likely N-dealkylation sites (tertiary alicyclic amines) is 1. The zero-order valence-electron chi connectivity index (χ0n) is 19.4. The van der Waals surface area contributed by atoms with Gasteiger partial charge in [-0.25, -0.2) is 13.2 Å². The van der Waals surface area contributed by atoms with Gasteiger partial charge in [-0.2, -0.15) is 0 Å². The summed E-state index contributed by atoms with van der Waals surface area (Å²) in [5.41, 5.74) is 0.659. The summed E-state index contributed by atoms with van der Waals surface area (Å²) in [4.78, 5) is 18.4. The van der Waals surface area contributed by atoms with Crippen molar-refractivity contribution in [3.05, 3.63) is 77.2 Å². The Morgan fingerprint density at radius 3 is 2.69 bits per heavy atom. The summed E-state index contributed by atoms with van der Waals surface area (Å²) in [5.74, 6) is -1.96. The largest absolute Gasteiger partial charge is 0.497 e. The molecule has 35 heavy (non-hydrogen) atoms. The van der Waals surface area contributed by atoms with Gasteiger partial charge in [0.1, 0.15) is 23.2 Å². The van der Waals surface area contributed by atoms with Crippen LogP contribution in [-0.4, -0.2) is 47.7 Å². The molecule has 1 aliphatic heterocycles. The van der Waals surface area contributed by atoms with Gasteiger partial charge in [0, 0.05) is 24.5 Å². The highest BCUT2D eigenvalue weighted by Gasteiger charge is 2.43. The molecule has 2 aromatic carbocycles. The number of aromatic nitrogens is 1. The first-order valence-electron chi connectivity index (χ1n) is 11.5. The van der Waals surface area contributed by atoms with E-state index in [-0.39, 0.29) is 0 Å². The first-order chi connectivity index (χ1) is 16.8. The van der Waals surface area contributed by atoms with Crippen molar-refractivity contribution in [2.75, 3.05) is 26.7 Å². The fourth-order valence-electron chi connectivity index (χ4n) is 4.80. The van der Waals surface area contributed by atoms with Crippen molar-refractivity contribution in [1.29, 1.82) is 0 Å². The molecule has 1 saturated heterocycles. The van der Waals surface area contributed by atoms with Crippen molar-refractivity contribution >= 4 is 22.9 Å². The Labute approximate surface area is 201 Å². The predicted octanol–water partition coefficient (Wildman–Crippen LogP) is 5.47. The van der Waals surface area contributed by atoms with E-state index in [0.29, 0.717) is 73.1 Å². The van der Waals surface area contributed by atoms with E-state index in [4.69, 9.17) is 4.74 Å². The number of fused-ring (bicyclic) bond motifs is 1. The van der Waals surface area contributed by atoms with Crippen molar-refractivity contribution < 1.29 is 27.8 Å². The fourth-order valence-corrected chi connectivity index (χ4v) is 4.80. The SMILES string of the molecule is COc1ccc2ncc(F)c(CCCC3(C(=O)O)CCN(CC=Cc4cc(F)cc(F)c4)C3)c2c1. The standard InChI is InChI=1S/C27H27F3N2O3/c1-35-21-6-7-25-23(15-21)22(24(30)16-31-25)5-2-8-27(26(33)34)9-11-32(17-27)10-3-4-18-12-19(28)14-20(29)13-18/h3-4,6-7,12-16H,2,5,8-11,17H2,1H3,(H,33,34). The summed E-state index contributed by atoms with van der Waals surface area (Å²) in [6.45, 7) is 1.42. The van der Waals surface area contributed by atoms with Gasteiger partial charge in [0.2, 0.25) is 0 Å². The molecule has 0 saturated carbocycles. The quantitative estimate of drug-likeness (QED) is 0.436. The lowest BCUT2D eigenvalue weighted by Crippen LogP contribution is -2.35. The summed E-state index contributed by atoms with van der Waals surface area (Å²) in [7, 11) is 1.54. The minimum Gasteiger partial charge on any atom is -0.497 e. The van der Waals surface area contributed by atoms with Gasteiger partial charge in [-0.3, -0.25) is 14.7 Å². The first-order valence-corrected chi connectivity index (χ1v) is 11.5. The molecule has 4 rings (SSSR count). The molecular weight excluding hydrogens is 457 g/mol. The monoisotopic (exact) mass is 484 g/mol. The van der Waals surface area contributed by atoms with Crippen molar-refractivity contribution in [1.82, 2.24) is 9.88 Å². The number of hydrogen-bond donors (Lipinski definition) is 1. The van der Waals surface area contributed by atoms with Gasteiger partial charge in [-0.05, 0) is 73.7 Å². The van der Waals surface area contributed by atoms with Gasteiger partial charge in [-0.15, -0.1) is 0 Å². The van der Waals surface area contributed by atoms with Crippen LogP contribution in [-0.2, 0) is 11.2 Å². The van der Waals surface area contributed by atoms with Crippen LogP contribution >= 0.6 is 0 Å². The van der Waals surface area contributed by atoms with Crippen LogP contribution in [0.3, 0.4) is 0 Å². The smallest absolute Gasteiger partial charge is 0.310 e. The molecule has 0 amide bonds. The maximum absolute atomic E-state index is 14.6. The fraction of sp³-hybridized carbons (Fsp3) is 0.333. The molecule has 1 aromatic heterocycles. The molecule has 1 aliphatic rings. The van der Waals surface area contributed by atoms with Gasteiger partial charge in [0.15, 0.2) is 0 Å². The highest BCUT2D eigenvalue weighted by atomic mass is 19.1. The second kappa shape index (κ2) is 10.5. The van der Waals surface area contributed by atoms with Gasteiger partial charge >= 0.3 is 5.97 Å². The number of carboxylic acid groups (broad SMARTS) is 1. The second-order valence-electron chi connectivity index (χ2n) is 9.00. The first kappa shape index (κ1) is 24.7.